The Balaban J connectivity index is 3.62. The topological polar surface area (TPSA) is 12.0 Å². The van der Waals surface area contributed by atoms with E-state index in [0.717, 1.165) is 6.42 Å². The molecule has 0 heterocycles. The highest BCUT2D eigenvalue weighted by Crippen LogP contribution is 2.22. The van der Waals surface area contributed by atoms with Crippen LogP contribution in [0.5, 0.6) is 0 Å². The van der Waals surface area contributed by atoms with Crippen molar-refractivity contribution in [3.05, 3.63) is 0 Å². The van der Waals surface area contributed by atoms with Crippen molar-refractivity contribution < 1.29 is 13.2 Å². The van der Waals surface area contributed by atoms with E-state index in [9.17, 15) is 13.2 Å². The minimum atomic E-state index is -4.01. The summed E-state index contributed by atoms with van der Waals surface area (Å²) >= 11 is 0. The summed E-state index contributed by atoms with van der Waals surface area (Å²) in [5.74, 6) is 0.616. The summed E-state index contributed by atoms with van der Waals surface area (Å²) in [6.07, 6.45) is -2.82. The molecule has 0 saturated carbocycles. The summed E-state index contributed by atoms with van der Waals surface area (Å²) in [4.78, 5) is 0. The highest BCUT2D eigenvalue weighted by molar-refractivity contribution is 4.69. The normalized spacial score (nSPS) is 16.5. The molecule has 0 aromatic carbocycles. The van der Waals surface area contributed by atoms with Gasteiger partial charge in [-0.05, 0) is 39.0 Å². The average molecular weight is 239 g/mol. The lowest BCUT2D eigenvalue weighted by Gasteiger charge is -2.21. The van der Waals surface area contributed by atoms with Crippen LogP contribution in [0.25, 0.3) is 0 Å². The van der Waals surface area contributed by atoms with Gasteiger partial charge in [0.2, 0.25) is 0 Å². The summed E-state index contributed by atoms with van der Waals surface area (Å²) in [5.41, 5.74) is 0. The van der Waals surface area contributed by atoms with Crippen LogP contribution in [0.4, 0.5) is 13.2 Å². The average Bonchev–Trinajstić information content (AvgIpc) is 1.98. The van der Waals surface area contributed by atoms with Gasteiger partial charge in [-0.3, -0.25) is 0 Å². The molecule has 2 atom stereocenters. The van der Waals surface area contributed by atoms with Gasteiger partial charge in [0, 0.05) is 18.5 Å². The molecule has 1 N–H and O–H groups in total. The maximum atomic E-state index is 11.9. The molecule has 0 aliphatic rings. The van der Waals surface area contributed by atoms with Gasteiger partial charge in [0.1, 0.15) is 0 Å². The minimum absolute atomic E-state index is 0.163. The number of hydrogen-bond donors (Lipinski definition) is 1. The highest BCUT2D eigenvalue weighted by atomic mass is 19.4. The maximum Gasteiger partial charge on any atom is 0.389 e. The van der Waals surface area contributed by atoms with E-state index in [-0.39, 0.29) is 12.5 Å². The van der Waals surface area contributed by atoms with E-state index in [1.807, 2.05) is 6.92 Å². The molecule has 0 rings (SSSR count). The summed E-state index contributed by atoms with van der Waals surface area (Å²) in [5, 5.41) is 3.33. The van der Waals surface area contributed by atoms with Crippen molar-refractivity contribution in [2.45, 2.75) is 71.6 Å². The Morgan fingerprint density at radius 1 is 1.00 bits per heavy atom. The molecule has 0 aromatic rings. The van der Waals surface area contributed by atoms with Crippen LogP contribution in [0.2, 0.25) is 0 Å². The second-order valence-electron chi connectivity index (χ2n) is 5.11. The largest absolute Gasteiger partial charge is 0.389 e. The zero-order valence-electron chi connectivity index (χ0n) is 10.7. The number of hydrogen-bond acceptors (Lipinski definition) is 1. The van der Waals surface area contributed by atoms with Crippen molar-refractivity contribution in [1.82, 2.24) is 5.32 Å². The van der Waals surface area contributed by atoms with Crippen LogP contribution in [-0.4, -0.2) is 18.3 Å². The van der Waals surface area contributed by atoms with Gasteiger partial charge < -0.3 is 5.32 Å². The molecule has 16 heavy (non-hydrogen) atoms. The quantitative estimate of drug-likeness (QED) is 0.704. The van der Waals surface area contributed by atoms with E-state index < -0.39 is 12.6 Å². The summed E-state index contributed by atoms with van der Waals surface area (Å²) < 4.78 is 35.8. The predicted octanol–water partition coefficient (Wildman–Crippen LogP) is 4.13. The molecule has 0 radical (unpaired) electrons. The van der Waals surface area contributed by atoms with Gasteiger partial charge in [-0.25, -0.2) is 0 Å². The standard InChI is InChI=1S/C12H24F3N/c1-9(2)8-11(4)16-10(3)6-5-7-12(13,14)15/h9-11,16H,5-8H2,1-4H3. The molecule has 0 aliphatic heterocycles. The van der Waals surface area contributed by atoms with Crippen molar-refractivity contribution in [2.24, 2.45) is 5.92 Å². The van der Waals surface area contributed by atoms with E-state index in [0.29, 0.717) is 18.4 Å². The zero-order chi connectivity index (χ0) is 12.8. The number of nitrogens with one attached hydrogen (secondary N) is 1. The molecule has 0 saturated heterocycles. The van der Waals surface area contributed by atoms with E-state index in [1.165, 1.54) is 0 Å². The number of halogens is 3. The third-order valence-electron chi connectivity index (χ3n) is 2.49. The second-order valence-corrected chi connectivity index (χ2v) is 5.11. The molecule has 0 spiro atoms. The van der Waals surface area contributed by atoms with E-state index in [4.69, 9.17) is 0 Å². The fourth-order valence-electron chi connectivity index (χ4n) is 1.95. The van der Waals surface area contributed by atoms with Crippen molar-refractivity contribution in [1.29, 1.82) is 0 Å². The van der Waals surface area contributed by atoms with Crippen LogP contribution < -0.4 is 5.32 Å². The number of rotatable bonds is 7. The lowest BCUT2D eigenvalue weighted by Crippen LogP contribution is -2.35. The van der Waals surface area contributed by atoms with Crippen molar-refractivity contribution in [3.63, 3.8) is 0 Å². The maximum absolute atomic E-state index is 11.9. The second kappa shape index (κ2) is 7.15. The Hall–Kier alpha value is -0.250. The molecule has 0 amide bonds. The van der Waals surface area contributed by atoms with Crippen LogP contribution >= 0.6 is 0 Å². The van der Waals surface area contributed by atoms with Crippen molar-refractivity contribution in [2.75, 3.05) is 0 Å². The Labute approximate surface area is 96.8 Å². The van der Waals surface area contributed by atoms with Gasteiger partial charge >= 0.3 is 6.18 Å². The Kier molecular flexibility index (Phi) is 7.04. The lowest BCUT2D eigenvalue weighted by molar-refractivity contribution is -0.135. The predicted molar refractivity (Wildman–Crippen MR) is 61.4 cm³/mol. The van der Waals surface area contributed by atoms with Crippen LogP contribution in [0.3, 0.4) is 0 Å². The van der Waals surface area contributed by atoms with Gasteiger partial charge in [0.25, 0.3) is 0 Å². The summed E-state index contributed by atoms with van der Waals surface area (Å²) in [7, 11) is 0. The highest BCUT2D eigenvalue weighted by Gasteiger charge is 2.26. The van der Waals surface area contributed by atoms with E-state index >= 15 is 0 Å². The molecule has 0 bridgehead atoms. The molecule has 98 valence electrons. The summed E-state index contributed by atoms with van der Waals surface area (Å²) in [6.45, 7) is 8.33. The Morgan fingerprint density at radius 2 is 1.56 bits per heavy atom. The fraction of sp³-hybridized carbons (Fsp3) is 1.00. The lowest BCUT2D eigenvalue weighted by atomic mass is 10.0. The minimum Gasteiger partial charge on any atom is -0.312 e. The third kappa shape index (κ3) is 10.3. The van der Waals surface area contributed by atoms with Crippen LogP contribution in [0.1, 0.15) is 53.4 Å². The van der Waals surface area contributed by atoms with Gasteiger partial charge in [-0.1, -0.05) is 13.8 Å². The molecular formula is C12H24F3N. The van der Waals surface area contributed by atoms with Crippen LogP contribution in [-0.2, 0) is 0 Å². The van der Waals surface area contributed by atoms with Crippen molar-refractivity contribution >= 4 is 0 Å². The summed E-state index contributed by atoms with van der Waals surface area (Å²) in [6, 6.07) is 0.539. The first-order valence-electron chi connectivity index (χ1n) is 6.03. The molecule has 1 nitrogen and oxygen atoms in total. The smallest absolute Gasteiger partial charge is 0.312 e. The van der Waals surface area contributed by atoms with Gasteiger partial charge in [0.05, 0.1) is 0 Å². The van der Waals surface area contributed by atoms with Gasteiger partial charge in [-0.2, -0.15) is 13.2 Å². The fourth-order valence-corrected chi connectivity index (χ4v) is 1.95. The Morgan fingerprint density at radius 3 is 2.00 bits per heavy atom. The first-order valence-corrected chi connectivity index (χ1v) is 6.03. The molecular weight excluding hydrogens is 215 g/mol. The molecule has 0 aromatic heterocycles. The molecule has 0 fully saturated rings. The van der Waals surface area contributed by atoms with Crippen LogP contribution in [0.15, 0.2) is 0 Å². The third-order valence-corrected chi connectivity index (χ3v) is 2.49. The van der Waals surface area contributed by atoms with Crippen LogP contribution in [0, 0.1) is 5.92 Å². The van der Waals surface area contributed by atoms with Gasteiger partial charge in [0.15, 0.2) is 0 Å². The SMILES string of the molecule is CC(C)CC(C)NC(C)CCCC(F)(F)F. The zero-order valence-corrected chi connectivity index (χ0v) is 10.7. The van der Waals surface area contributed by atoms with E-state index in [1.54, 1.807) is 0 Å². The van der Waals surface area contributed by atoms with Crippen molar-refractivity contribution in [3.8, 4) is 0 Å². The molecule has 4 heteroatoms. The first-order chi connectivity index (χ1) is 7.20. The Bertz CT molecular complexity index is 178. The number of alkyl halides is 3. The van der Waals surface area contributed by atoms with E-state index in [2.05, 4.69) is 26.1 Å². The first kappa shape index (κ1) is 15.8. The monoisotopic (exact) mass is 239 g/mol. The molecule has 0 aliphatic carbocycles. The molecule has 2 unspecified atom stereocenters. The van der Waals surface area contributed by atoms with Gasteiger partial charge in [-0.15, -0.1) is 0 Å².